The number of nitrogens with zero attached hydrogens (tertiary/aromatic N) is 6. The topological polar surface area (TPSA) is 58.7 Å². The van der Waals surface area contributed by atoms with Gasteiger partial charge >= 0.3 is 0 Å². The van der Waals surface area contributed by atoms with Crippen LogP contribution in [0.25, 0.3) is 5.65 Å². The van der Waals surface area contributed by atoms with Crippen LogP contribution < -0.4 is 0 Å². The van der Waals surface area contributed by atoms with E-state index in [1.807, 2.05) is 39.8 Å². The summed E-state index contributed by atoms with van der Waals surface area (Å²) in [4.78, 5) is 6.45. The van der Waals surface area contributed by atoms with Crippen molar-refractivity contribution < 1.29 is 0 Å². The van der Waals surface area contributed by atoms with Crippen molar-refractivity contribution in [3.63, 3.8) is 0 Å². The van der Waals surface area contributed by atoms with Crippen LogP contribution in [0.3, 0.4) is 0 Å². The standard InChI is InChI=1S/C11H16N6/c1-7-8(2)11-14-12-6-17(11)15-10(7)13-9(3)16(4)5/h6H,1-5H3. The normalized spacial score (nSPS) is 12.2. The minimum Gasteiger partial charge on any atom is -0.366 e. The van der Waals surface area contributed by atoms with Crippen LogP contribution in [0.15, 0.2) is 11.3 Å². The fourth-order valence-electron chi connectivity index (χ4n) is 1.42. The van der Waals surface area contributed by atoms with E-state index in [1.165, 1.54) is 0 Å². The van der Waals surface area contributed by atoms with Gasteiger partial charge in [0.15, 0.2) is 11.5 Å². The second-order valence-corrected chi connectivity index (χ2v) is 4.23. The van der Waals surface area contributed by atoms with Gasteiger partial charge in [-0.25, -0.2) is 4.99 Å². The van der Waals surface area contributed by atoms with Crippen molar-refractivity contribution in [3.8, 4) is 0 Å². The van der Waals surface area contributed by atoms with E-state index in [-0.39, 0.29) is 0 Å². The Kier molecular flexibility index (Phi) is 2.79. The van der Waals surface area contributed by atoms with E-state index >= 15 is 0 Å². The Balaban J connectivity index is 2.62. The Morgan fingerprint density at radius 1 is 1.29 bits per heavy atom. The molecule has 0 aliphatic carbocycles. The number of fused-ring (bicyclic) bond motifs is 1. The largest absolute Gasteiger partial charge is 0.366 e. The maximum atomic E-state index is 4.50. The van der Waals surface area contributed by atoms with Gasteiger partial charge in [0, 0.05) is 25.2 Å². The molecule has 0 atom stereocenters. The molecule has 2 rings (SSSR count). The van der Waals surface area contributed by atoms with Gasteiger partial charge in [0.1, 0.15) is 12.2 Å². The Morgan fingerprint density at radius 3 is 2.65 bits per heavy atom. The summed E-state index contributed by atoms with van der Waals surface area (Å²) in [5, 5.41) is 12.3. The average Bonchev–Trinajstić information content (AvgIpc) is 2.73. The molecule has 90 valence electrons. The average molecular weight is 232 g/mol. The number of rotatable bonds is 1. The molecule has 0 spiro atoms. The van der Waals surface area contributed by atoms with Gasteiger partial charge in [-0.3, -0.25) is 0 Å². The zero-order valence-electron chi connectivity index (χ0n) is 10.8. The van der Waals surface area contributed by atoms with Gasteiger partial charge in [0.05, 0.1) is 0 Å². The molecule has 0 fully saturated rings. The van der Waals surface area contributed by atoms with Crippen LogP contribution in [-0.4, -0.2) is 44.6 Å². The van der Waals surface area contributed by atoms with E-state index in [9.17, 15) is 0 Å². The molecule has 6 heteroatoms. The molecule has 6 nitrogen and oxygen atoms in total. The zero-order chi connectivity index (χ0) is 12.6. The molecule has 0 aliphatic rings. The third-order valence-corrected chi connectivity index (χ3v) is 2.88. The third kappa shape index (κ3) is 1.98. The van der Waals surface area contributed by atoms with Crippen molar-refractivity contribution in [3.05, 3.63) is 17.5 Å². The second-order valence-electron chi connectivity index (χ2n) is 4.23. The van der Waals surface area contributed by atoms with Gasteiger partial charge in [0.25, 0.3) is 0 Å². The van der Waals surface area contributed by atoms with Crippen molar-refractivity contribution in [2.75, 3.05) is 14.1 Å². The number of aliphatic imine (C=N–C) groups is 1. The summed E-state index contributed by atoms with van der Waals surface area (Å²) >= 11 is 0. The van der Waals surface area contributed by atoms with Crippen LogP contribution in [0.4, 0.5) is 5.82 Å². The summed E-state index contributed by atoms with van der Waals surface area (Å²) in [6, 6.07) is 0. The fraction of sp³-hybridized carbons (Fsp3) is 0.455. The van der Waals surface area contributed by atoms with E-state index < -0.39 is 0 Å². The van der Waals surface area contributed by atoms with Crippen LogP contribution in [-0.2, 0) is 0 Å². The smallest absolute Gasteiger partial charge is 0.180 e. The monoisotopic (exact) mass is 232 g/mol. The third-order valence-electron chi connectivity index (χ3n) is 2.88. The second kappa shape index (κ2) is 4.12. The van der Waals surface area contributed by atoms with Crippen LogP contribution >= 0.6 is 0 Å². The lowest BCUT2D eigenvalue weighted by molar-refractivity contribution is 0.618. The van der Waals surface area contributed by atoms with Crippen LogP contribution in [0.2, 0.25) is 0 Å². The Bertz CT molecular complexity index is 581. The highest BCUT2D eigenvalue weighted by molar-refractivity contribution is 5.82. The van der Waals surface area contributed by atoms with E-state index in [1.54, 1.807) is 10.8 Å². The summed E-state index contributed by atoms with van der Waals surface area (Å²) in [5.41, 5.74) is 2.87. The molecule has 0 saturated heterocycles. The molecule has 0 aliphatic heterocycles. The molecule has 0 unspecified atom stereocenters. The van der Waals surface area contributed by atoms with Crippen molar-refractivity contribution in [1.29, 1.82) is 0 Å². The van der Waals surface area contributed by atoms with Crippen LogP contribution in [0.5, 0.6) is 0 Å². The first-order valence-corrected chi connectivity index (χ1v) is 5.40. The van der Waals surface area contributed by atoms with E-state index in [0.717, 1.165) is 22.6 Å². The number of aromatic nitrogens is 4. The highest BCUT2D eigenvalue weighted by atomic mass is 15.4. The highest BCUT2D eigenvalue weighted by Gasteiger charge is 2.10. The zero-order valence-corrected chi connectivity index (χ0v) is 10.8. The maximum Gasteiger partial charge on any atom is 0.180 e. The summed E-state index contributed by atoms with van der Waals surface area (Å²) in [6.45, 7) is 5.95. The number of amidine groups is 1. The molecule has 17 heavy (non-hydrogen) atoms. The number of hydrogen-bond donors (Lipinski definition) is 0. The summed E-state index contributed by atoms with van der Waals surface area (Å²) in [6.07, 6.45) is 1.59. The first-order chi connectivity index (χ1) is 8.00. The molecule has 2 aromatic rings. The molecule has 0 bridgehead atoms. The summed E-state index contributed by atoms with van der Waals surface area (Å²) in [7, 11) is 3.91. The number of aryl methyl sites for hydroxylation is 1. The van der Waals surface area contributed by atoms with Gasteiger partial charge in [-0.05, 0) is 20.8 Å². The molecule has 0 aromatic carbocycles. The van der Waals surface area contributed by atoms with Crippen molar-refractivity contribution in [2.24, 2.45) is 4.99 Å². The molecular formula is C11H16N6. The SMILES string of the molecule is CC(=Nc1nn2cnnc2c(C)c1C)N(C)C. The predicted molar refractivity (Wildman–Crippen MR) is 66.7 cm³/mol. The molecular weight excluding hydrogens is 216 g/mol. The first-order valence-electron chi connectivity index (χ1n) is 5.40. The van der Waals surface area contributed by atoms with Crippen molar-refractivity contribution in [1.82, 2.24) is 24.7 Å². The summed E-state index contributed by atoms with van der Waals surface area (Å²) < 4.78 is 1.66. The van der Waals surface area contributed by atoms with Crippen molar-refractivity contribution in [2.45, 2.75) is 20.8 Å². The lowest BCUT2D eigenvalue weighted by atomic mass is 10.2. The fourth-order valence-corrected chi connectivity index (χ4v) is 1.42. The minimum absolute atomic E-state index is 0.709. The molecule has 0 amide bonds. The molecule has 2 heterocycles. The van der Waals surface area contributed by atoms with Gasteiger partial charge in [-0.2, -0.15) is 4.52 Å². The number of hydrogen-bond acceptors (Lipinski definition) is 4. The van der Waals surface area contributed by atoms with Gasteiger partial charge < -0.3 is 4.90 Å². The van der Waals surface area contributed by atoms with E-state index in [4.69, 9.17) is 0 Å². The Hall–Kier alpha value is -1.98. The van der Waals surface area contributed by atoms with Gasteiger partial charge in [-0.1, -0.05) is 0 Å². The first kappa shape index (κ1) is 11.5. The van der Waals surface area contributed by atoms with Gasteiger partial charge in [-0.15, -0.1) is 15.3 Å². The van der Waals surface area contributed by atoms with Crippen LogP contribution in [0.1, 0.15) is 18.1 Å². The molecule has 0 saturated carbocycles. The summed E-state index contributed by atoms with van der Waals surface area (Å²) in [5.74, 6) is 1.62. The lowest BCUT2D eigenvalue weighted by Crippen LogP contribution is -2.18. The van der Waals surface area contributed by atoms with E-state index in [2.05, 4.69) is 20.3 Å². The highest BCUT2D eigenvalue weighted by Crippen LogP contribution is 2.21. The predicted octanol–water partition coefficient (Wildman–Crippen LogP) is 1.35. The maximum absolute atomic E-state index is 4.50. The quantitative estimate of drug-likeness (QED) is 0.550. The molecule has 2 aromatic heterocycles. The lowest BCUT2D eigenvalue weighted by Gasteiger charge is -2.12. The minimum atomic E-state index is 0.709. The molecule has 0 radical (unpaired) electrons. The van der Waals surface area contributed by atoms with Crippen LogP contribution in [0, 0.1) is 13.8 Å². The van der Waals surface area contributed by atoms with Gasteiger partial charge in [0.2, 0.25) is 0 Å². The van der Waals surface area contributed by atoms with Crippen molar-refractivity contribution >= 4 is 17.3 Å². The Labute approximate surface area is 100.0 Å². The molecule has 0 N–H and O–H groups in total. The Morgan fingerprint density at radius 2 is 2.00 bits per heavy atom. The van der Waals surface area contributed by atoms with E-state index in [0.29, 0.717) is 5.82 Å².